The van der Waals surface area contributed by atoms with Gasteiger partial charge in [-0.2, -0.15) is 0 Å². The van der Waals surface area contributed by atoms with E-state index in [2.05, 4.69) is 26.1 Å². The van der Waals surface area contributed by atoms with Crippen molar-refractivity contribution in [2.45, 2.75) is 12.8 Å². The number of hydrogen-bond donors (Lipinski definition) is 1. The summed E-state index contributed by atoms with van der Waals surface area (Å²) in [7, 11) is 0. The first kappa shape index (κ1) is 12.2. The number of rotatable bonds is 4. The predicted octanol–water partition coefficient (Wildman–Crippen LogP) is 2.53. The van der Waals surface area contributed by atoms with Crippen LogP contribution in [0.25, 0.3) is 11.5 Å². The average molecular weight is 300 g/mol. The number of nitrogens with two attached hydrogens (primary N) is 1. The van der Waals surface area contributed by atoms with E-state index in [9.17, 15) is 4.39 Å². The van der Waals surface area contributed by atoms with Gasteiger partial charge in [0.1, 0.15) is 5.82 Å². The van der Waals surface area contributed by atoms with Gasteiger partial charge in [-0.15, -0.1) is 10.2 Å². The maximum absolute atomic E-state index is 13.5. The van der Waals surface area contributed by atoms with Crippen LogP contribution in [0.2, 0.25) is 0 Å². The van der Waals surface area contributed by atoms with Crippen molar-refractivity contribution in [3.63, 3.8) is 0 Å². The molecule has 0 amide bonds. The fourth-order valence-electron chi connectivity index (χ4n) is 1.38. The maximum Gasteiger partial charge on any atom is 0.250 e. The Bertz CT molecular complexity index is 515. The minimum Gasteiger partial charge on any atom is -0.421 e. The molecular weight excluding hydrogens is 289 g/mol. The number of aromatic nitrogens is 2. The van der Waals surface area contributed by atoms with Crippen molar-refractivity contribution in [2.24, 2.45) is 5.73 Å². The Morgan fingerprint density at radius 3 is 2.94 bits per heavy atom. The number of nitrogens with zero attached hydrogens (tertiary/aromatic N) is 2. The molecule has 0 radical (unpaired) electrons. The lowest BCUT2D eigenvalue weighted by Gasteiger charge is -1.98. The minimum absolute atomic E-state index is 0.191. The highest BCUT2D eigenvalue weighted by molar-refractivity contribution is 9.10. The molecule has 0 saturated heterocycles. The van der Waals surface area contributed by atoms with Gasteiger partial charge in [-0.1, -0.05) is 15.9 Å². The first-order valence-corrected chi connectivity index (χ1v) is 5.98. The Morgan fingerprint density at radius 1 is 1.35 bits per heavy atom. The number of halogens is 2. The monoisotopic (exact) mass is 299 g/mol. The molecule has 0 fully saturated rings. The van der Waals surface area contributed by atoms with E-state index < -0.39 is 0 Å². The number of benzene rings is 1. The second-order valence-electron chi connectivity index (χ2n) is 3.52. The highest BCUT2D eigenvalue weighted by atomic mass is 79.9. The van der Waals surface area contributed by atoms with E-state index >= 15 is 0 Å². The van der Waals surface area contributed by atoms with Crippen LogP contribution in [0.1, 0.15) is 12.3 Å². The highest BCUT2D eigenvalue weighted by Gasteiger charge is 2.13. The summed E-state index contributed by atoms with van der Waals surface area (Å²) in [6.07, 6.45) is 1.38. The van der Waals surface area contributed by atoms with Gasteiger partial charge >= 0.3 is 0 Å². The molecule has 0 aliphatic carbocycles. The third-order valence-corrected chi connectivity index (χ3v) is 2.71. The van der Waals surface area contributed by atoms with Crippen molar-refractivity contribution in [3.8, 4) is 11.5 Å². The molecule has 0 aliphatic heterocycles. The third-order valence-electron chi connectivity index (χ3n) is 2.22. The number of hydrogen-bond acceptors (Lipinski definition) is 4. The van der Waals surface area contributed by atoms with Crippen LogP contribution in [0.3, 0.4) is 0 Å². The zero-order valence-corrected chi connectivity index (χ0v) is 10.6. The van der Waals surface area contributed by atoms with Crippen molar-refractivity contribution < 1.29 is 8.81 Å². The Morgan fingerprint density at radius 2 is 2.18 bits per heavy atom. The van der Waals surface area contributed by atoms with Gasteiger partial charge < -0.3 is 10.2 Å². The molecule has 0 atom stereocenters. The van der Waals surface area contributed by atoms with Gasteiger partial charge in [0.2, 0.25) is 5.89 Å². The van der Waals surface area contributed by atoms with E-state index in [-0.39, 0.29) is 11.7 Å². The smallest absolute Gasteiger partial charge is 0.250 e. The van der Waals surface area contributed by atoms with Crippen LogP contribution in [0.5, 0.6) is 0 Å². The Balaban J connectivity index is 2.27. The van der Waals surface area contributed by atoms with Gasteiger partial charge in [-0.3, -0.25) is 0 Å². The molecule has 6 heteroatoms. The lowest BCUT2D eigenvalue weighted by atomic mass is 10.2. The SMILES string of the molecule is NCCCc1nnc(-c2cc(Br)ccc2F)o1. The second kappa shape index (κ2) is 5.37. The third kappa shape index (κ3) is 2.89. The van der Waals surface area contributed by atoms with Crippen LogP contribution in [0.4, 0.5) is 4.39 Å². The van der Waals surface area contributed by atoms with E-state index in [1.807, 2.05) is 0 Å². The van der Waals surface area contributed by atoms with Crippen LogP contribution in [-0.2, 0) is 6.42 Å². The summed E-state index contributed by atoms with van der Waals surface area (Å²) in [5.74, 6) is 0.280. The van der Waals surface area contributed by atoms with E-state index in [0.29, 0.717) is 24.4 Å². The van der Waals surface area contributed by atoms with Crippen molar-refractivity contribution in [1.82, 2.24) is 10.2 Å². The first-order chi connectivity index (χ1) is 8.20. The molecule has 2 aromatic rings. The van der Waals surface area contributed by atoms with E-state index in [4.69, 9.17) is 10.2 Å². The Labute approximate surface area is 106 Å². The van der Waals surface area contributed by atoms with Gasteiger partial charge in [0, 0.05) is 10.9 Å². The maximum atomic E-state index is 13.5. The number of aryl methyl sites for hydroxylation is 1. The fourth-order valence-corrected chi connectivity index (χ4v) is 1.74. The molecule has 0 bridgehead atoms. The van der Waals surface area contributed by atoms with Crippen LogP contribution in [0.15, 0.2) is 27.1 Å². The summed E-state index contributed by atoms with van der Waals surface area (Å²) in [5.41, 5.74) is 5.68. The molecule has 0 saturated carbocycles. The molecule has 1 aromatic heterocycles. The quantitative estimate of drug-likeness (QED) is 0.942. The zero-order chi connectivity index (χ0) is 12.3. The molecule has 1 heterocycles. The van der Waals surface area contributed by atoms with Crippen molar-refractivity contribution in [3.05, 3.63) is 34.4 Å². The Kier molecular flexibility index (Phi) is 3.86. The molecule has 17 heavy (non-hydrogen) atoms. The lowest BCUT2D eigenvalue weighted by Crippen LogP contribution is -2.00. The summed E-state index contributed by atoms with van der Waals surface area (Å²) in [6, 6.07) is 4.57. The molecule has 2 N–H and O–H groups in total. The Hall–Kier alpha value is -1.27. The van der Waals surface area contributed by atoms with Crippen LogP contribution >= 0.6 is 15.9 Å². The van der Waals surface area contributed by atoms with Crippen molar-refractivity contribution >= 4 is 15.9 Å². The molecule has 0 unspecified atom stereocenters. The van der Waals surface area contributed by atoms with Crippen molar-refractivity contribution in [2.75, 3.05) is 6.54 Å². The van der Waals surface area contributed by atoms with Gasteiger partial charge in [-0.25, -0.2) is 4.39 Å². The normalized spacial score (nSPS) is 10.8. The fraction of sp³-hybridized carbons (Fsp3) is 0.273. The van der Waals surface area contributed by atoms with Crippen LogP contribution in [0, 0.1) is 5.82 Å². The standard InChI is InChI=1S/C11H11BrFN3O/c12-7-3-4-9(13)8(6-7)11-16-15-10(17-11)2-1-5-14/h3-4,6H,1-2,5,14H2. The van der Waals surface area contributed by atoms with Crippen LogP contribution < -0.4 is 5.73 Å². The summed E-state index contributed by atoms with van der Waals surface area (Å²) in [4.78, 5) is 0. The average Bonchev–Trinajstić information content (AvgIpc) is 2.78. The molecule has 4 nitrogen and oxygen atoms in total. The summed E-state index contributed by atoms with van der Waals surface area (Å²) in [5, 5.41) is 7.67. The van der Waals surface area contributed by atoms with Gasteiger partial charge in [0.05, 0.1) is 5.56 Å². The molecule has 0 aliphatic rings. The molecule has 0 spiro atoms. The molecule has 1 aromatic carbocycles. The first-order valence-electron chi connectivity index (χ1n) is 5.18. The minimum atomic E-state index is -0.387. The van der Waals surface area contributed by atoms with Crippen LogP contribution in [-0.4, -0.2) is 16.7 Å². The van der Waals surface area contributed by atoms with E-state index in [1.54, 1.807) is 12.1 Å². The lowest BCUT2D eigenvalue weighted by molar-refractivity contribution is 0.495. The topological polar surface area (TPSA) is 64.9 Å². The van der Waals surface area contributed by atoms with Gasteiger partial charge in [0.15, 0.2) is 0 Å². The summed E-state index contributed by atoms with van der Waals surface area (Å²) >= 11 is 3.27. The second-order valence-corrected chi connectivity index (χ2v) is 4.43. The molecule has 2 rings (SSSR count). The van der Waals surface area contributed by atoms with E-state index in [0.717, 1.165) is 10.9 Å². The largest absolute Gasteiger partial charge is 0.421 e. The molecule has 90 valence electrons. The summed E-state index contributed by atoms with van der Waals surface area (Å²) < 4.78 is 19.7. The summed E-state index contributed by atoms with van der Waals surface area (Å²) in [6.45, 7) is 0.558. The highest BCUT2D eigenvalue weighted by Crippen LogP contribution is 2.25. The zero-order valence-electron chi connectivity index (χ0n) is 8.99. The van der Waals surface area contributed by atoms with E-state index in [1.165, 1.54) is 6.07 Å². The van der Waals surface area contributed by atoms with Gasteiger partial charge in [0.25, 0.3) is 5.89 Å². The molecular formula is C11H11BrFN3O. The predicted molar refractivity (Wildman–Crippen MR) is 64.8 cm³/mol. The van der Waals surface area contributed by atoms with Crippen molar-refractivity contribution in [1.29, 1.82) is 0 Å². The van der Waals surface area contributed by atoms with Gasteiger partial charge in [-0.05, 0) is 31.2 Å².